The predicted octanol–water partition coefficient (Wildman–Crippen LogP) is 14.1. The van der Waals surface area contributed by atoms with E-state index in [4.69, 9.17) is 4.42 Å². The molecule has 0 aliphatic heterocycles. The van der Waals surface area contributed by atoms with Crippen LogP contribution in [0.15, 0.2) is 199 Å². The van der Waals surface area contributed by atoms with Gasteiger partial charge in [0.15, 0.2) is 11.2 Å². The van der Waals surface area contributed by atoms with Crippen LogP contribution in [0.5, 0.6) is 0 Å². The van der Waals surface area contributed by atoms with Crippen LogP contribution < -0.4 is 4.90 Å². The van der Waals surface area contributed by atoms with Crippen LogP contribution in [0.4, 0.5) is 17.1 Å². The summed E-state index contributed by atoms with van der Waals surface area (Å²) in [5, 5.41) is 9.48. The summed E-state index contributed by atoms with van der Waals surface area (Å²) in [5.74, 6) is 0. The Kier molecular flexibility index (Phi) is 6.55. The van der Waals surface area contributed by atoms with Gasteiger partial charge in [-0.1, -0.05) is 140 Å². The van der Waals surface area contributed by atoms with Crippen molar-refractivity contribution in [3.63, 3.8) is 0 Å². The fourth-order valence-corrected chi connectivity index (χ4v) is 8.39. The molecule has 0 unspecified atom stereocenters. The Labute approximate surface area is 306 Å². The van der Waals surface area contributed by atoms with E-state index in [0.717, 1.165) is 55.7 Å². The maximum atomic E-state index is 7.10. The summed E-state index contributed by atoms with van der Waals surface area (Å²) >= 11 is 0. The van der Waals surface area contributed by atoms with E-state index in [9.17, 15) is 0 Å². The lowest BCUT2D eigenvalue weighted by Crippen LogP contribution is -2.11. The third kappa shape index (κ3) is 4.54. The van der Waals surface area contributed by atoms with E-state index in [1.54, 1.807) is 0 Å². The summed E-state index contributed by atoms with van der Waals surface area (Å²) in [6.45, 7) is 0. The summed E-state index contributed by atoms with van der Waals surface area (Å²) in [7, 11) is 0. The first-order valence-corrected chi connectivity index (χ1v) is 18.1. The number of aromatic nitrogens is 1. The molecular weight excluding hydrogens is 645 g/mol. The fourth-order valence-electron chi connectivity index (χ4n) is 8.39. The van der Waals surface area contributed by atoms with Gasteiger partial charge in [0.25, 0.3) is 0 Å². The van der Waals surface area contributed by atoms with Crippen LogP contribution >= 0.6 is 0 Å². The summed E-state index contributed by atoms with van der Waals surface area (Å²) in [6, 6.07) is 69.6. The SMILES string of the molecule is c1ccc(-n2c3ccccc3c3oc4c(N(c5ccc(-c6cccc7ccccc67)cc5)c5cc6ccccc6c6ccccc56)cccc4c32)cc1. The molecule has 0 saturated heterocycles. The number of furan rings is 1. The fraction of sp³-hybridized carbons (Fsp3) is 0. The summed E-state index contributed by atoms with van der Waals surface area (Å²) in [6.07, 6.45) is 0. The van der Waals surface area contributed by atoms with Gasteiger partial charge in [0, 0.05) is 27.5 Å². The van der Waals surface area contributed by atoms with Gasteiger partial charge in [0.05, 0.1) is 16.9 Å². The van der Waals surface area contributed by atoms with Crippen molar-refractivity contribution in [2.75, 3.05) is 4.90 Å². The zero-order valence-corrected chi connectivity index (χ0v) is 28.8. The van der Waals surface area contributed by atoms with Crippen LogP contribution in [0.25, 0.3) is 82.1 Å². The molecule has 248 valence electrons. The van der Waals surface area contributed by atoms with Crippen molar-refractivity contribution in [1.29, 1.82) is 0 Å². The predicted molar refractivity (Wildman–Crippen MR) is 223 cm³/mol. The van der Waals surface area contributed by atoms with Gasteiger partial charge < -0.3 is 13.9 Å². The summed E-state index contributed by atoms with van der Waals surface area (Å²) < 4.78 is 9.44. The van der Waals surface area contributed by atoms with Gasteiger partial charge in [-0.25, -0.2) is 0 Å². The monoisotopic (exact) mass is 676 g/mol. The Morgan fingerprint density at radius 2 is 1.02 bits per heavy atom. The average Bonchev–Trinajstić information content (AvgIpc) is 3.77. The van der Waals surface area contributed by atoms with E-state index in [0.29, 0.717) is 0 Å². The first-order valence-electron chi connectivity index (χ1n) is 18.1. The number of hydrogen-bond donors (Lipinski definition) is 0. The molecule has 0 aliphatic rings. The molecule has 0 radical (unpaired) electrons. The topological polar surface area (TPSA) is 21.3 Å². The molecule has 11 aromatic rings. The second kappa shape index (κ2) is 11.7. The Morgan fingerprint density at radius 3 is 1.85 bits per heavy atom. The molecule has 2 aromatic heterocycles. The molecule has 0 bridgehead atoms. The summed E-state index contributed by atoms with van der Waals surface area (Å²) in [5.41, 5.74) is 10.6. The molecule has 11 rings (SSSR count). The van der Waals surface area contributed by atoms with Crippen LogP contribution in [0.2, 0.25) is 0 Å². The zero-order valence-electron chi connectivity index (χ0n) is 28.8. The molecule has 0 aliphatic carbocycles. The van der Waals surface area contributed by atoms with Crippen molar-refractivity contribution in [2.45, 2.75) is 0 Å². The molecule has 3 heteroatoms. The Hall–Kier alpha value is -7.10. The Morgan fingerprint density at radius 1 is 0.396 bits per heavy atom. The smallest absolute Gasteiger partial charge is 0.161 e. The van der Waals surface area contributed by atoms with Crippen LogP contribution in [-0.4, -0.2) is 4.57 Å². The van der Waals surface area contributed by atoms with Gasteiger partial charge in [0.2, 0.25) is 0 Å². The van der Waals surface area contributed by atoms with Gasteiger partial charge in [-0.05, 0) is 92.7 Å². The highest BCUT2D eigenvalue weighted by molar-refractivity contribution is 6.20. The minimum Gasteiger partial charge on any atom is -0.451 e. The maximum Gasteiger partial charge on any atom is 0.161 e. The Balaban J connectivity index is 1.20. The van der Waals surface area contributed by atoms with Crippen molar-refractivity contribution in [3.8, 4) is 16.8 Å². The summed E-state index contributed by atoms with van der Waals surface area (Å²) in [4.78, 5) is 2.39. The number of anilines is 3. The van der Waals surface area contributed by atoms with Crippen molar-refractivity contribution in [3.05, 3.63) is 194 Å². The Bertz CT molecular complexity index is 3160. The molecular formula is C50H32N2O. The van der Waals surface area contributed by atoms with Crippen molar-refractivity contribution < 1.29 is 4.42 Å². The van der Waals surface area contributed by atoms with Crippen LogP contribution in [0.1, 0.15) is 0 Å². The van der Waals surface area contributed by atoms with Gasteiger partial charge in [0.1, 0.15) is 5.52 Å². The molecule has 0 spiro atoms. The molecule has 0 amide bonds. The maximum absolute atomic E-state index is 7.10. The number of benzene rings is 9. The highest BCUT2D eigenvalue weighted by atomic mass is 16.3. The average molecular weight is 677 g/mol. The largest absolute Gasteiger partial charge is 0.451 e. The normalized spacial score (nSPS) is 11.8. The molecule has 3 nitrogen and oxygen atoms in total. The molecule has 53 heavy (non-hydrogen) atoms. The number of para-hydroxylation sites is 3. The van der Waals surface area contributed by atoms with Gasteiger partial charge in [-0.15, -0.1) is 0 Å². The van der Waals surface area contributed by atoms with E-state index < -0.39 is 0 Å². The van der Waals surface area contributed by atoms with E-state index in [1.165, 1.54) is 43.4 Å². The molecule has 0 atom stereocenters. The standard InChI is InChI=1S/C50H32N2O/c1-2-17-36(18-3-1)52-45-26-11-10-23-43(45)50-48(52)44-25-13-27-46(49(44)53-50)51(47-32-35-15-5-7-20-40(35)41-21-8-9-22-42(41)47)37-30-28-34(29-31-37)39-24-12-16-33-14-4-6-19-38(33)39/h1-32H. The van der Waals surface area contributed by atoms with Crippen LogP contribution in [-0.2, 0) is 0 Å². The number of fused-ring (bicyclic) bond motifs is 9. The van der Waals surface area contributed by atoms with E-state index in [2.05, 4.69) is 204 Å². The molecule has 9 aromatic carbocycles. The third-order valence-corrected chi connectivity index (χ3v) is 10.8. The van der Waals surface area contributed by atoms with Crippen molar-refractivity contribution in [2.24, 2.45) is 0 Å². The minimum atomic E-state index is 0.850. The van der Waals surface area contributed by atoms with E-state index in [-0.39, 0.29) is 0 Å². The first-order chi connectivity index (χ1) is 26.3. The quantitative estimate of drug-likeness (QED) is 0.169. The van der Waals surface area contributed by atoms with E-state index >= 15 is 0 Å². The number of hydrogen-bond acceptors (Lipinski definition) is 2. The number of rotatable bonds is 5. The van der Waals surface area contributed by atoms with Crippen LogP contribution in [0.3, 0.4) is 0 Å². The molecule has 0 saturated carbocycles. The molecule has 0 fully saturated rings. The van der Waals surface area contributed by atoms with Crippen molar-refractivity contribution in [1.82, 2.24) is 4.57 Å². The lowest BCUT2D eigenvalue weighted by Gasteiger charge is -2.28. The highest BCUT2D eigenvalue weighted by Crippen LogP contribution is 2.48. The van der Waals surface area contributed by atoms with Gasteiger partial charge in [-0.3, -0.25) is 0 Å². The lowest BCUT2D eigenvalue weighted by atomic mass is 9.97. The zero-order chi connectivity index (χ0) is 34.9. The van der Waals surface area contributed by atoms with Gasteiger partial charge in [-0.2, -0.15) is 0 Å². The highest BCUT2D eigenvalue weighted by Gasteiger charge is 2.25. The molecule has 0 N–H and O–H groups in total. The second-order valence-electron chi connectivity index (χ2n) is 13.7. The third-order valence-electron chi connectivity index (χ3n) is 10.8. The van der Waals surface area contributed by atoms with Crippen LogP contribution in [0, 0.1) is 0 Å². The molecule has 2 heterocycles. The number of nitrogens with zero attached hydrogens (tertiary/aromatic N) is 2. The van der Waals surface area contributed by atoms with Crippen molar-refractivity contribution >= 4 is 82.4 Å². The van der Waals surface area contributed by atoms with E-state index in [1.807, 2.05) is 0 Å². The lowest BCUT2D eigenvalue weighted by molar-refractivity contribution is 0.673. The van der Waals surface area contributed by atoms with Gasteiger partial charge >= 0.3 is 0 Å². The second-order valence-corrected chi connectivity index (χ2v) is 13.7. The minimum absolute atomic E-state index is 0.850. The first kappa shape index (κ1) is 29.6.